The number of hydrogen-bond donors (Lipinski definition) is 0. The molecule has 0 heterocycles. The quantitative estimate of drug-likeness (QED) is 0.790. The number of rotatable bonds is 3. The van der Waals surface area contributed by atoms with Gasteiger partial charge in [-0.1, -0.05) is 59.6 Å². The Balaban J connectivity index is 2.32. The fourth-order valence-corrected chi connectivity index (χ4v) is 2.17. The third kappa shape index (κ3) is 2.74. The normalized spacial score (nSPS) is 10.3. The lowest BCUT2D eigenvalue weighted by molar-refractivity contribution is 0.415. The van der Waals surface area contributed by atoms with Crippen molar-refractivity contribution in [3.8, 4) is 5.75 Å². The Morgan fingerprint density at radius 3 is 2.29 bits per heavy atom. The molecule has 0 N–H and O–H groups in total. The fourth-order valence-electron chi connectivity index (χ4n) is 1.68. The molecule has 2 aromatic carbocycles. The molecule has 88 valence electrons. The summed E-state index contributed by atoms with van der Waals surface area (Å²) in [5.41, 5.74) is 2.21. The van der Waals surface area contributed by atoms with Crippen LogP contribution in [0.3, 0.4) is 0 Å². The highest BCUT2D eigenvalue weighted by Gasteiger charge is 2.10. The highest BCUT2D eigenvalue weighted by molar-refractivity contribution is 6.43. The first-order valence-corrected chi connectivity index (χ1v) is 6.02. The van der Waals surface area contributed by atoms with E-state index in [1.54, 1.807) is 7.11 Å². The zero-order valence-corrected chi connectivity index (χ0v) is 10.9. The van der Waals surface area contributed by atoms with E-state index in [9.17, 15) is 0 Å². The van der Waals surface area contributed by atoms with Gasteiger partial charge in [-0.2, -0.15) is 0 Å². The maximum absolute atomic E-state index is 6.22. The summed E-state index contributed by atoms with van der Waals surface area (Å²) in [6.45, 7) is 0. The highest BCUT2D eigenvalue weighted by atomic mass is 35.5. The molecule has 2 aromatic rings. The smallest absolute Gasteiger partial charge is 0.138 e. The minimum Gasteiger partial charge on any atom is -0.495 e. The van der Waals surface area contributed by atoms with E-state index in [1.165, 1.54) is 5.56 Å². The van der Waals surface area contributed by atoms with Gasteiger partial charge in [0, 0.05) is 0 Å². The SMILES string of the molecule is COc1ccc(Cc2ccccc2)c(Cl)c1Cl. The third-order valence-electron chi connectivity index (χ3n) is 2.58. The summed E-state index contributed by atoms with van der Waals surface area (Å²) in [5, 5.41) is 1.04. The number of hydrogen-bond acceptors (Lipinski definition) is 1. The van der Waals surface area contributed by atoms with Crippen molar-refractivity contribution in [1.82, 2.24) is 0 Å². The van der Waals surface area contributed by atoms with Crippen LogP contribution in [0.2, 0.25) is 10.0 Å². The third-order valence-corrected chi connectivity index (χ3v) is 3.49. The van der Waals surface area contributed by atoms with E-state index in [4.69, 9.17) is 27.9 Å². The molecular weight excluding hydrogens is 255 g/mol. The first-order chi connectivity index (χ1) is 8.22. The van der Waals surface area contributed by atoms with Gasteiger partial charge in [-0.3, -0.25) is 0 Å². The van der Waals surface area contributed by atoms with Gasteiger partial charge in [-0.05, 0) is 23.6 Å². The molecule has 0 aliphatic carbocycles. The monoisotopic (exact) mass is 266 g/mol. The second-order valence-electron chi connectivity index (χ2n) is 3.72. The lowest BCUT2D eigenvalue weighted by Crippen LogP contribution is -1.92. The van der Waals surface area contributed by atoms with Crippen molar-refractivity contribution in [3.05, 3.63) is 63.6 Å². The summed E-state index contributed by atoms with van der Waals surface area (Å²) in [7, 11) is 1.58. The first-order valence-electron chi connectivity index (χ1n) is 5.27. The van der Waals surface area contributed by atoms with Crippen LogP contribution in [0.5, 0.6) is 5.75 Å². The van der Waals surface area contributed by atoms with Crippen molar-refractivity contribution in [3.63, 3.8) is 0 Å². The molecule has 0 aliphatic heterocycles. The van der Waals surface area contributed by atoms with E-state index in [-0.39, 0.29) is 0 Å². The van der Waals surface area contributed by atoms with Gasteiger partial charge in [0.1, 0.15) is 10.8 Å². The van der Waals surface area contributed by atoms with E-state index in [2.05, 4.69) is 12.1 Å². The molecule has 0 amide bonds. The molecule has 0 bridgehead atoms. The van der Waals surface area contributed by atoms with Crippen molar-refractivity contribution >= 4 is 23.2 Å². The zero-order valence-electron chi connectivity index (χ0n) is 9.41. The minimum absolute atomic E-state index is 0.475. The Labute approximate surface area is 111 Å². The van der Waals surface area contributed by atoms with Crippen LogP contribution in [0.25, 0.3) is 0 Å². The Morgan fingerprint density at radius 2 is 1.65 bits per heavy atom. The summed E-state index contributed by atoms with van der Waals surface area (Å²) >= 11 is 12.3. The molecule has 17 heavy (non-hydrogen) atoms. The van der Waals surface area contributed by atoms with Crippen molar-refractivity contribution in [2.75, 3.05) is 7.11 Å². The van der Waals surface area contributed by atoms with Crippen LogP contribution in [0.15, 0.2) is 42.5 Å². The summed E-state index contributed by atoms with van der Waals surface area (Å²) < 4.78 is 5.11. The summed E-state index contributed by atoms with van der Waals surface area (Å²) in [5.74, 6) is 0.605. The van der Waals surface area contributed by atoms with E-state index >= 15 is 0 Å². The van der Waals surface area contributed by atoms with Gasteiger partial charge in [0.2, 0.25) is 0 Å². The van der Waals surface area contributed by atoms with Crippen molar-refractivity contribution in [2.45, 2.75) is 6.42 Å². The van der Waals surface area contributed by atoms with Crippen molar-refractivity contribution in [2.24, 2.45) is 0 Å². The van der Waals surface area contributed by atoms with Gasteiger partial charge in [0.15, 0.2) is 0 Å². The predicted molar refractivity (Wildman–Crippen MR) is 72.3 cm³/mol. The Bertz CT molecular complexity index is 509. The number of benzene rings is 2. The van der Waals surface area contributed by atoms with Gasteiger partial charge in [0.05, 0.1) is 12.1 Å². The largest absolute Gasteiger partial charge is 0.495 e. The van der Waals surface area contributed by atoms with Crippen LogP contribution in [0.4, 0.5) is 0 Å². The van der Waals surface area contributed by atoms with Crippen LogP contribution >= 0.6 is 23.2 Å². The highest BCUT2D eigenvalue weighted by Crippen LogP contribution is 2.35. The molecule has 0 atom stereocenters. The van der Waals surface area contributed by atoms with E-state index < -0.39 is 0 Å². The van der Waals surface area contributed by atoms with Crippen molar-refractivity contribution < 1.29 is 4.74 Å². The van der Waals surface area contributed by atoms with E-state index in [0.717, 1.165) is 12.0 Å². The summed E-state index contributed by atoms with van der Waals surface area (Å²) in [6.07, 6.45) is 0.767. The Morgan fingerprint density at radius 1 is 0.941 bits per heavy atom. The second-order valence-corrected chi connectivity index (χ2v) is 4.47. The molecule has 0 spiro atoms. The first kappa shape index (κ1) is 12.3. The van der Waals surface area contributed by atoms with Gasteiger partial charge in [-0.15, -0.1) is 0 Å². The van der Waals surface area contributed by atoms with Gasteiger partial charge in [-0.25, -0.2) is 0 Å². The minimum atomic E-state index is 0.475. The van der Waals surface area contributed by atoms with Crippen LogP contribution in [-0.4, -0.2) is 7.11 Å². The van der Waals surface area contributed by atoms with E-state index in [0.29, 0.717) is 15.8 Å². The lowest BCUT2D eigenvalue weighted by atomic mass is 10.0. The second kappa shape index (κ2) is 5.44. The maximum atomic E-state index is 6.22. The van der Waals surface area contributed by atoms with Gasteiger partial charge >= 0.3 is 0 Å². The molecule has 3 heteroatoms. The molecule has 0 unspecified atom stereocenters. The lowest BCUT2D eigenvalue weighted by Gasteiger charge is -2.09. The molecule has 1 nitrogen and oxygen atoms in total. The zero-order chi connectivity index (χ0) is 12.3. The van der Waals surface area contributed by atoms with Gasteiger partial charge in [0.25, 0.3) is 0 Å². The van der Waals surface area contributed by atoms with Crippen LogP contribution in [0, 0.1) is 0 Å². The van der Waals surface area contributed by atoms with Gasteiger partial charge < -0.3 is 4.74 Å². The topological polar surface area (TPSA) is 9.23 Å². The summed E-state index contributed by atoms with van der Waals surface area (Å²) in [4.78, 5) is 0. The molecule has 0 radical (unpaired) electrons. The van der Waals surface area contributed by atoms with Crippen molar-refractivity contribution in [1.29, 1.82) is 0 Å². The predicted octanol–water partition coefficient (Wildman–Crippen LogP) is 4.59. The standard InChI is InChI=1S/C14H12Cl2O/c1-17-12-8-7-11(13(15)14(12)16)9-10-5-3-2-4-6-10/h2-8H,9H2,1H3. The molecular formula is C14H12Cl2O. The Kier molecular flexibility index (Phi) is 3.93. The maximum Gasteiger partial charge on any atom is 0.138 e. The molecule has 0 aliphatic rings. The molecule has 0 fully saturated rings. The summed E-state index contributed by atoms with van der Waals surface area (Å²) in [6, 6.07) is 13.9. The molecule has 0 saturated carbocycles. The Hall–Kier alpha value is -1.18. The number of halogens is 2. The van der Waals surface area contributed by atoms with E-state index in [1.807, 2.05) is 30.3 Å². The average Bonchev–Trinajstić information content (AvgIpc) is 2.37. The number of methoxy groups -OCH3 is 1. The molecule has 0 saturated heterocycles. The van der Waals surface area contributed by atoms with Crippen LogP contribution < -0.4 is 4.74 Å². The van der Waals surface area contributed by atoms with Crippen LogP contribution in [-0.2, 0) is 6.42 Å². The molecule has 2 rings (SSSR count). The molecule has 0 aromatic heterocycles. The fraction of sp³-hybridized carbons (Fsp3) is 0.143. The average molecular weight is 267 g/mol. The number of ether oxygens (including phenoxy) is 1. The van der Waals surface area contributed by atoms with Crippen LogP contribution in [0.1, 0.15) is 11.1 Å².